The first kappa shape index (κ1) is 54.3. The Labute approximate surface area is 83.3 Å². The van der Waals surface area contributed by atoms with Crippen LogP contribution in [0.1, 0.15) is 0 Å². The van der Waals surface area contributed by atoms with E-state index < -0.39 is 0 Å². The third kappa shape index (κ3) is 21.9. The molecular weight excluding hydrogens is 461 g/mol. The van der Waals surface area contributed by atoms with Crippen LogP contribution in [0.5, 0.6) is 0 Å². The van der Waals surface area contributed by atoms with Crippen molar-refractivity contribution in [1.29, 1.82) is 0 Å². The van der Waals surface area contributed by atoms with Gasteiger partial charge in [0, 0.05) is 0 Å². The normalized spacial score (nSPS) is 0. The monoisotopic (exact) mass is 467 g/mol. The molecule has 5 heavy (non-hydrogen) atoms. The minimum absolute atomic E-state index is 0. The molecule has 0 spiro atoms. The van der Waals surface area contributed by atoms with Crippen LogP contribution in [0.2, 0.25) is 0 Å². The van der Waals surface area contributed by atoms with Crippen LogP contribution in [0.3, 0.4) is 0 Å². The first-order chi connectivity index (χ1) is 0. The molecule has 0 amide bonds. The van der Waals surface area contributed by atoms with Crippen LogP contribution in [0, 0.1) is 0 Å². The predicted molar refractivity (Wildman–Crippen MR) is 44.5 cm³/mol. The molecule has 0 heterocycles. The van der Waals surface area contributed by atoms with Gasteiger partial charge in [0.2, 0.25) is 0 Å². The maximum absolute atomic E-state index is 0. The van der Waals surface area contributed by atoms with Crippen LogP contribution < -0.4 is 6.15 Å². The van der Waals surface area contributed by atoms with E-state index in [4.69, 9.17) is 0 Å². The summed E-state index contributed by atoms with van der Waals surface area (Å²) in [6.07, 6.45) is 0. The Hall–Kier alpha value is 2.32. The van der Waals surface area contributed by atoms with E-state index in [2.05, 4.69) is 0 Å². The van der Waals surface area contributed by atoms with Gasteiger partial charge in [-0.25, -0.2) is 0 Å². The van der Waals surface area contributed by atoms with Gasteiger partial charge in [-0.05, 0) is 0 Å². The summed E-state index contributed by atoms with van der Waals surface area (Å²) >= 11 is 0. The molecule has 3 N–H and O–H groups in total. The molecule has 0 saturated heterocycles. The fourth-order valence-electron chi connectivity index (χ4n) is 0. The van der Waals surface area contributed by atoms with Crippen molar-refractivity contribution in [3.8, 4) is 0 Å². The fourth-order valence-corrected chi connectivity index (χ4v) is 0. The van der Waals surface area contributed by atoms with E-state index in [-0.39, 0.29) is 84.4 Å². The average Bonchev–Trinajstić information content (AvgIpc) is 0. The summed E-state index contributed by atoms with van der Waals surface area (Å²) < 4.78 is 0. The average molecular weight is 469 g/mol. The van der Waals surface area contributed by atoms with Gasteiger partial charge in [-0.1, -0.05) is 0 Å². The van der Waals surface area contributed by atoms with Crippen LogP contribution in [0.25, 0.3) is 0 Å². The van der Waals surface area contributed by atoms with Gasteiger partial charge in [0.15, 0.2) is 0 Å². The third-order valence-electron chi connectivity index (χ3n) is 0. The summed E-state index contributed by atoms with van der Waals surface area (Å²) in [5.41, 5.74) is 0. The Morgan fingerprint density at radius 2 is 0.600 bits per heavy atom. The Balaban J connectivity index is 0. The zero-order chi connectivity index (χ0) is 0. The van der Waals surface area contributed by atoms with E-state index in [9.17, 15) is 0 Å². The first-order valence-corrected chi connectivity index (χ1v) is 0. The van der Waals surface area contributed by atoms with E-state index in [1.165, 1.54) is 0 Å². The van der Waals surface area contributed by atoms with E-state index in [1.807, 2.05) is 0 Å². The number of rotatable bonds is 0. The molecule has 0 atom stereocenters. The Morgan fingerprint density at radius 3 is 0.600 bits per heavy atom. The van der Waals surface area contributed by atoms with Gasteiger partial charge in [-0.2, -0.15) is 0 Å². The fraction of sp³-hybridized carbons (Fsp3) is 0. The molecule has 0 aromatic rings. The molecule has 5 heteroatoms. The Bertz CT molecular complexity index is 6.85. The summed E-state index contributed by atoms with van der Waals surface area (Å²) in [6, 6.07) is 0. The van der Waals surface area contributed by atoms with Gasteiger partial charge in [-0.3, -0.25) is 0 Å². The SMILES string of the molecule is Br.Br.Br.N.[PbH2]. The molecule has 0 aliphatic rings. The van der Waals surface area contributed by atoms with Crippen LogP contribution in [-0.2, 0) is 0 Å². The summed E-state index contributed by atoms with van der Waals surface area (Å²) in [5, 5.41) is 0. The number of hydrogen-bond donors (Lipinski definition) is 1. The zero-order valence-electron chi connectivity index (χ0n) is 2.64. The standard InChI is InChI=1S/3BrH.H3N.Pb.2H/h3*1H;1H3;;;. The van der Waals surface area contributed by atoms with Crippen molar-refractivity contribution >= 4 is 78.2 Å². The Morgan fingerprint density at radius 1 is 0.600 bits per heavy atom. The molecule has 0 aromatic heterocycles. The molecule has 0 fully saturated rings. The van der Waals surface area contributed by atoms with Gasteiger partial charge < -0.3 is 6.15 Å². The van der Waals surface area contributed by atoms with Crippen molar-refractivity contribution in [2.24, 2.45) is 0 Å². The van der Waals surface area contributed by atoms with Crippen molar-refractivity contribution in [3.63, 3.8) is 0 Å². The second-order valence-electron chi connectivity index (χ2n) is 0. The maximum atomic E-state index is 0. The molecule has 0 aliphatic heterocycles. The van der Waals surface area contributed by atoms with Crippen LogP contribution >= 0.6 is 50.9 Å². The molecule has 38 valence electrons. The van der Waals surface area contributed by atoms with Crippen molar-refractivity contribution in [3.05, 3.63) is 0 Å². The summed E-state index contributed by atoms with van der Waals surface area (Å²) in [6.45, 7) is 0. The van der Waals surface area contributed by atoms with Gasteiger partial charge in [-0.15, -0.1) is 50.9 Å². The van der Waals surface area contributed by atoms with Crippen molar-refractivity contribution < 1.29 is 0 Å². The van der Waals surface area contributed by atoms with Crippen molar-refractivity contribution in [2.45, 2.75) is 0 Å². The van der Waals surface area contributed by atoms with Gasteiger partial charge in [0.05, 0.1) is 0 Å². The van der Waals surface area contributed by atoms with E-state index in [0.29, 0.717) is 0 Å². The number of halogens is 3. The van der Waals surface area contributed by atoms with Crippen molar-refractivity contribution in [1.82, 2.24) is 6.15 Å². The van der Waals surface area contributed by atoms with Crippen LogP contribution in [0.4, 0.5) is 0 Å². The number of hydrogen-bond acceptors (Lipinski definition) is 1. The topological polar surface area (TPSA) is 35.0 Å². The second kappa shape index (κ2) is 33.2. The zero-order valence-corrected chi connectivity index (χ0v) is 13.3. The summed E-state index contributed by atoms with van der Waals surface area (Å²) in [4.78, 5) is 0. The predicted octanol–water partition coefficient (Wildman–Crippen LogP) is 0.979. The third-order valence-corrected chi connectivity index (χ3v) is 0. The van der Waals surface area contributed by atoms with E-state index >= 15 is 0 Å². The molecule has 2 radical (unpaired) electrons. The molecular formula is H8Br3NPb. The minimum atomic E-state index is 0. The summed E-state index contributed by atoms with van der Waals surface area (Å²) in [7, 11) is 0. The Kier molecular flexibility index (Phi) is 360. The molecule has 0 rings (SSSR count). The summed E-state index contributed by atoms with van der Waals surface area (Å²) in [5.74, 6) is 0. The van der Waals surface area contributed by atoms with Crippen LogP contribution in [-0.4, -0.2) is 27.3 Å². The van der Waals surface area contributed by atoms with Crippen molar-refractivity contribution in [2.75, 3.05) is 0 Å². The van der Waals surface area contributed by atoms with Gasteiger partial charge in [0.1, 0.15) is 0 Å². The molecule has 0 saturated carbocycles. The first-order valence-electron chi connectivity index (χ1n) is 0. The molecule has 1 nitrogen and oxygen atoms in total. The quantitative estimate of drug-likeness (QED) is 0.528. The molecule has 0 aliphatic carbocycles. The second-order valence-corrected chi connectivity index (χ2v) is 0. The van der Waals surface area contributed by atoms with Gasteiger partial charge in [0.25, 0.3) is 0 Å². The van der Waals surface area contributed by atoms with E-state index in [0.717, 1.165) is 0 Å². The molecule has 0 unspecified atom stereocenters. The van der Waals surface area contributed by atoms with Crippen LogP contribution in [0.15, 0.2) is 0 Å². The molecule has 0 bridgehead atoms. The van der Waals surface area contributed by atoms with E-state index in [1.54, 1.807) is 0 Å². The van der Waals surface area contributed by atoms with Gasteiger partial charge >= 0.3 is 27.3 Å². The molecule has 0 aromatic carbocycles.